The van der Waals surface area contributed by atoms with Crippen LogP contribution in [0.3, 0.4) is 0 Å². The summed E-state index contributed by atoms with van der Waals surface area (Å²) in [7, 11) is 0. The highest BCUT2D eigenvalue weighted by Crippen LogP contribution is 2.24. The number of carbonyl (C=O) groups is 1. The number of fused-ring (bicyclic) bond motifs is 1. The maximum absolute atomic E-state index is 12.4. The van der Waals surface area contributed by atoms with Crippen molar-refractivity contribution in [3.05, 3.63) is 98.7 Å². The number of aromatic nitrogens is 2. The van der Waals surface area contributed by atoms with Gasteiger partial charge in [0.25, 0.3) is 5.91 Å². The zero-order valence-corrected chi connectivity index (χ0v) is 18.2. The molecule has 1 N–H and O–H groups in total. The van der Waals surface area contributed by atoms with Gasteiger partial charge < -0.3 is 9.88 Å². The summed E-state index contributed by atoms with van der Waals surface area (Å²) in [6.45, 7) is 1.01. The monoisotopic (exact) mass is 457 g/mol. The summed E-state index contributed by atoms with van der Waals surface area (Å²) in [6.07, 6.45) is 0.576. The van der Waals surface area contributed by atoms with Crippen molar-refractivity contribution >= 4 is 51.7 Å². The first kappa shape index (κ1) is 20.7. The van der Waals surface area contributed by atoms with Crippen LogP contribution in [-0.4, -0.2) is 22.0 Å². The van der Waals surface area contributed by atoms with Crippen molar-refractivity contribution in [3.63, 3.8) is 0 Å². The van der Waals surface area contributed by atoms with E-state index in [1.54, 1.807) is 30.3 Å². The van der Waals surface area contributed by atoms with Crippen LogP contribution in [0.5, 0.6) is 0 Å². The number of carbonyl (C=O) groups excluding carboxylic acids is 1. The first-order chi connectivity index (χ1) is 14.5. The molecule has 4 nitrogen and oxygen atoms in total. The number of hydrogen-bond acceptors (Lipinski definition) is 2. The summed E-state index contributed by atoms with van der Waals surface area (Å²) in [5.41, 5.74) is 3.40. The second-order valence-corrected chi connectivity index (χ2v) is 8.13. The number of hydrogen-bond donors (Lipinski definition) is 1. The second kappa shape index (κ2) is 9.09. The molecule has 7 heteroatoms. The maximum Gasteiger partial charge on any atom is 0.251 e. The number of imidazole rings is 1. The molecule has 152 valence electrons. The van der Waals surface area contributed by atoms with Crippen LogP contribution >= 0.6 is 34.8 Å². The van der Waals surface area contributed by atoms with E-state index in [0.29, 0.717) is 40.1 Å². The molecule has 1 aromatic heterocycles. The van der Waals surface area contributed by atoms with Gasteiger partial charge in [0.05, 0.1) is 17.6 Å². The molecule has 0 fully saturated rings. The number of nitrogens with zero attached hydrogens (tertiary/aromatic N) is 2. The Bertz CT molecular complexity index is 1220. The van der Waals surface area contributed by atoms with Gasteiger partial charge in [0.15, 0.2) is 0 Å². The zero-order chi connectivity index (χ0) is 21.1. The van der Waals surface area contributed by atoms with Gasteiger partial charge in [-0.2, -0.15) is 0 Å². The third-order valence-electron chi connectivity index (χ3n) is 4.80. The van der Waals surface area contributed by atoms with Crippen molar-refractivity contribution in [3.8, 4) is 0 Å². The molecule has 4 aromatic rings. The normalized spacial score (nSPS) is 11.0. The van der Waals surface area contributed by atoms with Crippen LogP contribution in [0.2, 0.25) is 15.1 Å². The third kappa shape index (κ3) is 4.62. The largest absolute Gasteiger partial charge is 0.352 e. The van der Waals surface area contributed by atoms with Gasteiger partial charge in [-0.3, -0.25) is 4.79 Å². The van der Waals surface area contributed by atoms with E-state index in [0.717, 1.165) is 22.4 Å². The number of benzene rings is 3. The molecule has 0 aliphatic rings. The van der Waals surface area contributed by atoms with Crippen molar-refractivity contribution < 1.29 is 4.79 Å². The van der Waals surface area contributed by atoms with Gasteiger partial charge in [0.1, 0.15) is 5.82 Å². The number of halogens is 3. The van der Waals surface area contributed by atoms with Gasteiger partial charge in [-0.25, -0.2) is 4.98 Å². The second-order valence-electron chi connectivity index (χ2n) is 6.85. The smallest absolute Gasteiger partial charge is 0.251 e. The number of nitrogens with one attached hydrogen (secondary N) is 1. The molecule has 0 bridgehead atoms. The molecule has 0 radical (unpaired) electrons. The van der Waals surface area contributed by atoms with E-state index in [4.69, 9.17) is 39.8 Å². The first-order valence-electron chi connectivity index (χ1n) is 9.43. The minimum atomic E-state index is -0.166. The lowest BCUT2D eigenvalue weighted by Crippen LogP contribution is -2.26. The van der Waals surface area contributed by atoms with Gasteiger partial charge in [-0.15, -0.1) is 0 Å². The van der Waals surface area contributed by atoms with Crippen molar-refractivity contribution in [1.82, 2.24) is 14.9 Å². The van der Waals surface area contributed by atoms with E-state index in [-0.39, 0.29) is 5.91 Å². The Labute approximate surface area is 189 Å². The van der Waals surface area contributed by atoms with Gasteiger partial charge >= 0.3 is 0 Å². The molecule has 0 atom stereocenters. The fraction of sp³-hybridized carbons (Fsp3) is 0.130. The molecule has 0 unspecified atom stereocenters. The Morgan fingerprint density at radius 2 is 1.73 bits per heavy atom. The Morgan fingerprint density at radius 3 is 2.53 bits per heavy atom. The molecule has 0 aliphatic carbocycles. The van der Waals surface area contributed by atoms with E-state index in [9.17, 15) is 4.79 Å². The van der Waals surface area contributed by atoms with Crippen LogP contribution < -0.4 is 5.32 Å². The molecule has 0 saturated heterocycles. The predicted octanol–water partition coefficient (Wildman–Crippen LogP) is 6.02. The van der Waals surface area contributed by atoms with Crippen LogP contribution in [0, 0.1) is 0 Å². The summed E-state index contributed by atoms with van der Waals surface area (Å²) in [6, 6.07) is 20.3. The van der Waals surface area contributed by atoms with Gasteiger partial charge in [-0.05, 0) is 48.0 Å². The van der Waals surface area contributed by atoms with E-state index in [2.05, 4.69) is 9.88 Å². The lowest BCUT2D eigenvalue weighted by atomic mass is 10.2. The zero-order valence-electron chi connectivity index (χ0n) is 15.9. The van der Waals surface area contributed by atoms with Crippen LogP contribution in [0.1, 0.15) is 21.7 Å². The fourth-order valence-electron chi connectivity index (χ4n) is 3.33. The molecule has 0 spiro atoms. The SMILES string of the molecule is O=C(NCCc1nc2ccccc2n1Cc1ccc(Cl)cc1Cl)c1cccc(Cl)c1. The number of rotatable bonds is 6. The predicted molar refractivity (Wildman–Crippen MR) is 123 cm³/mol. The highest BCUT2D eigenvalue weighted by molar-refractivity contribution is 6.35. The van der Waals surface area contributed by atoms with Crippen LogP contribution in [0.25, 0.3) is 11.0 Å². The molecule has 0 saturated carbocycles. The molecule has 3 aromatic carbocycles. The van der Waals surface area contributed by atoms with Gasteiger partial charge in [-0.1, -0.05) is 59.1 Å². The van der Waals surface area contributed by atoms with Crippen LogP contribution in [-0.2, 0) is 13.0 Å². The third-order valence-corrected chi connectivity index (χ3v) is 5.62. The Kier molecular flexibility index (Phi) is 6.28. The van der Waals surface area contributed by atoms with Crippen molar-refractivity contribution in [1.29, 1.82) is 0 Å². The number of amides is 1. The Balaban J connectivity index is 1.55. The maximum atomic E-state index is 12.4. The van der Waals surface area contributed by atoms with Crippen molar-refractivity contribution in [2.75, 3.05) is 6.54 Å². The molecular weight excluding hydrogens is 441 g/mol. The fourth-order valence-corrected chi connectivity index (χ4v) is 3.99. The van der Waals surface area contributed by atoms with E-state index in [1.165, 1.54) is 0 Å². The average molecular weight is 459 g/mol. The molecule has 30 heavy (non-hydrogen) atoms. The van der Waals surface area contributed by atoms with Crippen LogP contribution in [0.4, 0.5) is 0 Å². The molecule has 4 rings (SSSR count). The lowest BCUT2D eigenvalue weighted by molar-refractivity contribution is 0.0954. The summed E-state index contributed by atoms with van der Waals surface area (Å²) in [5, 5.41) is 4.68. The van der Waals surface area contributed by atoms with E-state index >= 15 is 0 Å². The Morgan fingerprint density at radius 1 is 0.933 bits per heavy atom. The highest BCUT2D eigenvalue weighted by Gasteiger charge is 2.13. The number of para-hydroxylation sites is 2. The summed E-state index contributed by atoms with van der Waals surface area (Å²) in [5.74, 6) is 0.703. The summed E-state index contributed by atoms with van der Waals surface area (Å²) in [4.78, 5) is 17.1. The molecule has 1 amide bonds. The van der Waals surface area contributed by atoms with Crippen molar-refractivity contribution in [2.45, 2.75) is 13.0 Å². The van der Waals surface area contributed by atoms with Crippen LogP contribution in [0.15, 0.2) is 66.7 Å². The lowest BCUT2D eigenvalue weighted by Gasteiger charge is -2.12. The standard InChI is InChI=1S/C23H18Cl3N3O/c24-17-5-3-4-15(12-17)23(30)27-11-10-22-28-20-6-1-2-7-21(20)29(22)14-16-8-9-18(25)13-19(16)26/h1-9,12-13H,10-11,14H2,(H,27,30). The summed E-state index contributed by atoms with van der Waals surface area (Å²) >= 11 is 18.4. The van der Waals surface area contributed by atoms with Gasteiger partial charge in [0, 0.05) is 33.6 Å². The quantitative estimate of drug-likeness (QED) is 0.384. The molecule has 0 aliphatic heterocycles. The molecule has 1 heterocycles. The minimum Gasteiger partial charge on any atom is -0.352 e. The van der Waals surface area contributed by atoms with Crippen molar-refractivity contribution in [2.24, 2.45) is 0 Å². The average Bonchev–Trinajstić information content (AvgIpc) is 3.07. The minimum absolute atomic E-state index is 0.166. The highest BCUT2D eigenvalue weighted by atomic mass is 35.5. The first-order valence-corrected chi connectivity index (χ1v) is 10.6. The van der Waals surface area contributed by atoms with E-state index in [1.807, 2.05) is 36.4 Å². The summed E-state index contributed by atoms with van der Waals surface area (Å²) < 4.78 is 2.12. The topological polar surface area (TPSA) is 46.9 Å². The Hall–Kier alpha value is -2.53. The van der Waals surface area contributed by atoms with Gasteiger partial charge in [0.2, 0.25) is 0 Å². The van der Waals surface area contributed by atoms with E-state index < -0.39 is 0 Å². The molecular formula is C23H18Cl3N3O.